The zero-order chi connectivity index (χ0) is 20.6. The van der Waals surface area contributed by atoms with Crippen LogP contribution in [0.3, 0.4) is 0 Å². The first-order valence-electron chi connectivity index (χ1n) is 10.1. The van der Waals surface area contributed by atoms with Crippen molar-refractivity contribution in [3.8, 4) is 5.75 Å². The molecule has 7 heteroatoms. The maximum absolute atomic E-state index is 12.7. The molecule has 0 unspecified atom stereocenters. The third-order valence-electron chi connectivity index (χ3n) is 5.40. The smallest absolute Gasteiger partial charge is 0.237 e. The van der Waals surface area contributed by atoms with Crippen molar-refractivity contribution in [2.24, 2.45) is 17.4 Å². The van der Waals surface area contributed by atoms with Crippen LogP contribution in [0.1, 0.15) is 36.8 Å². The van der Waals surface area contributed by atoms with Crippen LogP contribution in [0.15, 0.2) is 54.6 Å². The van der Waals surface area contributed by atoms with Gasteiger partial charge in [0, 0.05) is 19.0 Å². The minimum Gasteiger partial charge on any atom is -0.489 e. The van der Waals surface area contributed by atoms with Gasteiger partial charge in [0.15, 0.2) is 0 Å². The molecule has 2 aromatic carbocycles. The predicted molar refractivity (Wildman–Crippen MR) is 119 cm³/mol. The third kappa shape index (κ3) is 7.04. The standard InChI is InChI=1S/C23H29N3O3.ClH/c24-21-8-4-7-19(21)13-23(28)26(15-22(25)27)14-17-9-11-20(12-10-17)29-16-18-5-2-1-3-6-18;/h1-3,5-6,9-12,19,21H,4,7-8,13-16,24H2,(H2,25,27);1H/t19-,21+;/m0./s1. The number of nitrogens with zero attached hydrogens (tertiary/aromatic N) is 1. The second-order valence-electron chi connectivity index (χ2n) is 7.69. The van der Waals surface area contributed by atoms with E-state index >= 15 is 0 Å². The highest BCUT2D eigenvalue weighted by atomic mass is 35.5. The van der Waals surface area contributed by atoms with Crippen LogP contribution in [0.2, 0.25) is 0 Å². The number of rotatable bonds is 9. The summed E-state index contributed by atoms with van der Waals surface area (Å²) in [5, 5.41) is 0. The Morgan fingerprint density at radius 1 is 1.00 bits per heavy atom. The monoisotopic (exact) mass is 431 g/mol. The molecule has 3 rings (SSSR count). The molecule has 0 spiro atoms. The summed E-state index contributed by atoms with van der Waals surface area (Å²) >= 11 is 0. The van der Waals surface area contributed by atoms with Crippen LogP contribution in [0.5, 0.6) is 5.75 Å². The number of benzene rings is 2. The highest BCUT2D eigenvalue weighted by molar-refractivity contribution is 5.85. The molecule has 1 fully saturated rings. The molecule has 0 saturated heterocycles. The molecule has 1 aliphatic rings. The minimum atomic E-state index is -0.517. The van der Waals surface area contributed by atoms with E-state index in [2.05, 4.69) is 0 Å². The van der Waals surface area contributed by atoms with Gasteiger partial charge in [-0.3, -0.25) is 9.59 Å². The van der Waals surface area contributed by atoms with E-state index in [1.54, 1.807) is 0 Å². The molecule has 1 saturated carbocycles. The average Bonchev–Trinajstić information content (AvgIpc) is 3.12. The number of halogens is 1. The molecule has 30 heavy (non-hydrogen) atoms. The van der Waals surface area contributed by atoms with E-state index in [9.17, 15) is 9.59 Å². The largest absolute Gasteiger partial charge is 0.489 e. The number of ether oxygens (including phenoxy) is 1. The van der Waals surface area contributed by atoms with Gasteiger partial charge in [-0.2, -0.15) is 0 Å². The highest BCUT2D eigenvalue weighted by Crippen LogP contribution is 2.27. The number of carbonyl (C=O) groups excluding carboxylic acids is 2. The first kappa shape index (κ1) is 23.7. The molecule has 0 bridgehead atoms. The van der Waals surface area contributed by atoms with Gasteiger partial charge < -0.3 is 21.1 Å². The summed E-state index contributed by atoms with van der Waals surface area (Å²) in [4.78, 5) is 25.7. The Hall–Kier alpha value is -2.57. The number of hydrogen-bond donors (Lipinski definition) is 2. The van der Waals surface area contributed by atoms with E-state index in [1.165, 1.54) is 4.90 Å². The lowest BCUT2D eigenvalue weighted by molar-refractivity contribution is -0.136. The fraction of sp³-hybridized carbons (Fsp3) is 0.391. The van der Waals surface area contributed by atoms with E-state index in [-0.39, 0.29) is 36.8 Å². The van der Waals surface area contributed by atoms with Crippen molar-refractivity contribution in [2.45, 2.75) is 44.9 Å². The quantitative estimate of drug-likeness (QED) is 0.637. The van der Waals surface area contributed by atoms with Crippen LogP contribution < -0.4 is 16.2 Å². The van der Waals surface area contributed by atoms with Crippen LogP contribution >= 0.6 is 12.4 Å². The Morgan fingerprint density at radius 2 is 1.70 bits per heavy atom. The van der Waals surface area contributed by atoms with Crippen molar-refractivity contribution in [2.75, 3.05) is 6.54 Å². The number of carbonyl (C=O) groups is 2. The van der Waals surface area contributed by atoms with Crippen molar-refractivity contribution in [3.63, 3.8) is 0 Å². The van der Waals surface area contributed by atoms with E-state index in [4.69, 9.17) is 16.2 Å². The predicted octanol–water partition coefficient (Wildman–Crippen LogP) is 3.02. The Bertz CT molecular complexity index is 814. The van der Waals surface area contributed by atoms with Crippen molar-refractivity contribution in [1.29, 1.82) is 0 Å². The fourth-order valence-corrected chi connectivity index (χ4v) is 3.75. The molecule has 6 nitrogen and oxygen atoms in total. The Morgan fingerprint density at radius 3 is 2.30 bits per heavy atom. The zero-order valence-electron chi connectivity index (χ0n) is 17.0. The minimum absolute atomic E-state index is 0. The fourth-order valence-electron chi connectivity index (χ4n) is 3.75. The van der Waals surface area contributed by atoms with E-state index in [1.807, 2.05) is 54.6 Å². The summed E-state index contributed by atoms with van der Waals surface area (Å²) in [6, 6.07) is 17.6. The maximum atomic E-state index is 12.7. The van der Waals surface area contributed by atoms with Crippen molar-refractivity contribution in [1.82, 2.24) is 4.90 Å². The SMILES string of the molecule is Cl.NC(=O)CN(Cc1ccc(OCc2ccccc2)cc1)C(=O)C[C@@H]1CCC[C@H]1N. The summed E-state index contributed by atoms with van der Waals surface area (Å²) < 4.78 is 5.80. The van der Waals surface area contributed by atoms with Gasteiger partial charge in [0.1, 0.15) is 12.4 Å². The van der Waals surface area contributed by atoms with Crippen LogP contribution in [0.25, 0.3) is 0 Å². The van der Waals surface area contributed by atoms with Crippen LogP contribution in [-0.4, -0.2) is 29.3 Å². The molecule has 2 amide bonds. The highest BCUT2D eigenvalue weighted by Gasteiger charge is 2.28. The Balaban J connectivity index is 0.00000320. The number of hydrogen-bond acceptors (Lipinski definition) is 4. The normalized spacial score (nSPS) is 17.8. The summed E-state index contributed by atoms with van der Waals surface area (Å²) in [5.74, 6) is 0.349. The van der Waals surface area contributed by atoms with Gasteiger partial charge in [-0.25, -0.2) is 0 Å². The van der Waals surface area contributed by atoms with Gasteiger partial charge in [-0.1, -0.05) is 48.9 Å². The lowest BCUT2D eigenvalue weighted by atomic mass is 9.99. The van der Waals surface area contributed by atoms with Gasteiger partial charge in [0.05, 0.1) is 6.54 Å². The van der Waals surface area contributed by atoms with Gasteiger partial charge in [-0.05, 0) is 42.0 Å². The molecule has 4 N–H and O–H groups in total. The van der Waals surface area contributed by atoms with Crippen LogP contribution in [0, 0.1) is 5.92 Å². The summed E-state index contributed by atoms with van der Waals surface area (Å²) in [6.07, 6.45) is 3.34. The maximum Gasteiger partial charge on any atom is 0.237 e. The average molecular weight is 432 g/mol. The second-order valence-corrected chi connectivity index (χ2v) is 7.69. The topological polar surface area (TPSA) is 98.6 Å². The second kappa shape index (κ2) is 11.6. The number of primary amides is 1. The molecule has 0 heterocycles. The molecule has 0 aliphatic heterocycles. The third-order valence-corrected chi connectivity index (χ3v) is 5.40. The van der Waals surface area contributed by atoms with Gasteiger partial charge >= 0.3 is 0 Å². The van der Waals surface area contributed by atoms with Crippen molar-refractivity contribution < 1.29 is 14.3 Å². The molecule has 1 aliphatic carbocycles. The van der Waals surface area contributed by atoms with Crippen molar-refractivity contribution in [3.05, 3.63) is 65.7 Å². The van der Waals surface area contributed by atoms with E-state index in [0.717, 1.165) is 36.1 Å². The summed E-state index contributed by atoms with van der Waals surface area (Å²) in [7, 11) is 0. The number of nitrogens with two attached hydrogens (primary N) is 2. The summed E-state index contributed by atoms with van der Waals surface area (Å²) in [6.45, 7) is 0.740. The van der Waals surface area contributed by atoms with Gasteiger partial charge in [0.2, 0.25) is 11.8 Å². The van der Waals surface area contributed by atoms with Gasteiger partial charge in [-0.15, -0.1) is 12.4 Å². The molecule has 162 valence electrons. The molecular weight excluding hydrogens is 402 g/mol. The number of amides is 2. The van der Waals surface area contributed by atoms with Crippen molar-refractivity contribution >= 4 is 24.2 Å². The van der Waals surface area contributed by atoms with Gasteiger partial charge in [0.25, 0.3) is 0 Å². The first-order chi connectivity index (χ1) is 14.0. The molecular formula is C23H30ClN3O3. The molecule has 2 aromatic rings. The Kier molecular flexibility index (Phi) is 9.15. The van der Waals surface area contributed by atoms with E-state index < -0.39 is 5.91 Å². The molecule has 0 radical (unpaired) electrons. The lowest BCUT2D eigenvalue weighted by Gasteiger charge is -2.24. The Labute approximate surface area is 184 Å². The van der Waals surface area contributed by atoms with E-state index in [0.29, 0.717) is 19.6 Å². The molecule has 0 aromatic heterocycles. The van der Waals surface area contributed by atoms with Crippen LogP contribution in [0.4, 0.5) is 0 Å². The first-order valence-corrected chi connectivity index (χ1v) is 10.1. The lowest BCUT2D eigenvalue weighted by Crippen LogP contribution is -2.40. The summed E-state index contributed by atoms with van der Waals surface area (Å²) in [5.41, 5.74) is 13.5. The van der Waals surface area contributed by atoms with Crippen LogP contribution in [-0.2, 0) is 22.7 Å². The molecule has 2 atom stereocenters. The zero-order valence-corrected chi connectivity index (χ0v) is 17.9.